The summed E-state index contributed by atoms with van der Waals surface area (Å²) in [5, 5.41) is 6.67. The summed E-state index contributed by atoms with van der Waals surface area (Å²) in [5.74, 6) is 0.756. The highest BCUT2D eigenvalue weighted by Crippen LogP contribution is 2.28. The van der Waals surface area contributed by atoms with Gasteiger partial charge in [-0.25, -0.2) is 13.4 Å². The van der Waals surface area contributed by atoms with Crippen LogP contribution in [0.1, 0.15) is 38.1 Å². The molecule has 10 nitrogen and oxygen atoms in total. The Morgan fingerprint density at radius 3 is 2.33 bits per heavy atom. The van der Waals surface area contributed by atoms with Gasteiger partial charge in [0.05, 0.1) is 24.1 Å². The van der Waals surface area contributed by atoms with Gasteiger partial charge in [0, 0.05) is 32.1 Å². The maximum Gasteiger partial charge on any atom is 0.248 e. The Morgan fingerprint density at radius 2 is 1.79 bits per heavy atom. The first-order valence-electron chi connectivity index (χ1n) is 11.3. The van der Waals surface area contributed by atoms with E-state index in [2.05, 4.69) is 20.4 Å². The Morgan fingerprint density at radius 1 is 1.12 bits per heavy atom. The van der Waals surface area contributed by atoms with Crippen molar-refractivity contribution >= 4 is 27.4 Å². The average molecular weight is 478 g/mol. The molecule has 2 fully saturated rings. The lowest BCUT2D eigenvalue weighted by atomic mass is 9.97. The molecule has 1 N–H and O–H groups in total. The number of pyridine rings is 1. The lowest BCUT2D eigenvalue weighted by Gasteiger charge is -2.36. The molecule has 4 heterocycles. The van der Waals surface area contributed by atoms with Gasteiger partial charge >= 0.3 is 0 Å². The van der Waals surface area contributed by atoms with Crippen LogP contribution in [0.5, 0.6) is 0 Å². The molecule has 11 heteroatoms. The number of hydrogen-bond donors (Lipinski definition) is 1. The standard InChI is InChI=1S/C22H31N5O5S/c1-14-12-26(13-15(2)31-14)20-6-5-19(11-23-20)24-22(28)18-7-9-27(10-8-18)33(29,30)21-16(3)25-32-17(21)4/h5-6,11,14-15,18H,7-10,12-13H2,1-4H3,(H,24,28). The van der Waals surface area contributed by atoms with E-state index < -0.39 is 10.0 Å². The van der Waals surface area contributed by atoms with Crippen molar-refractivity contribution < 1.29 is 22.5 Å². The van der Waals surface area contributed by atoms with Crippen LogP contribution in [0.4, 0.5) is 11.5 Å². The first-order valence-corrected chi connectivity index (χ1v) is 12.7. The predicted molar refractivity (Wildman–Crippen MR) is 123 cm³/mol. The zero-order valence-electron chi connectivity index (χ0n) is 19.4. The Bertz CT molecular complexity index is 1060. The molecule has 1 amide bonds. The van der Waals surface area contributed by atoms with Crippen molar-refractivity contribution in [1.29, 1.82) is 0 Å². The number of hydrogen-bond acceptors (Lipinski definition) is 8. The quantitative estimate of drug-likeness (QED) is 0.697. The van der Waals surface area contributed by atoms with E-state index in [1.165, 1.54) is 4.31 Å². The predicted octanol–water partition coefficient (Wildman–Crippen LogP) is 2.34. The van der Waals surface area contributed by atoms with Gasteiger partial charge in [0.25, 0.3) is 0 Å². The molecule has 2 atom stereocenters. The van der Waals surface area contributed by atoms with Crippen LogP contribution in [0.25, 0.3) is 0 Å². The molecule has 4 rings (SSSR count). The third kappa shape index (κ3) is 5.04. The molecule has 180 valence electrons. The molecule has 0 bridgehead atoms. The van der Waals surface area contributed by atoms with Gasteiger partial charge in [0.15, 0.2) is 5.76 Å². The SMILES string of the molecule is Cc1noc(C)c1S(=O)(=O)N1CCC(C(=O)Nc2ccc(N3CC(C)OC(C)C3)nc2)CC1. The third-order valence-electron chi connectivity index (χ3n) is 6.15. The summed E-state index contributed by atoms with van der Waals surface area (Å²) in [4.78, 5) is 19.6. The van der Waals surface area contributed by atoms with E-state index in [0.717, 1.165) is 18.9 Å². The minimum atomic E-state index is -3.69. The van der Waals surface area contributed by atoms with Crippen molar-refractivity contribution in [2.45, 2.75) is 57.6 Å². The molecule has 0 radical (unpaired) electrons. The number of nitrogens with zero attached hydrogens (tertiary/aromatic N) is 4. The molecule has 2 aromatic rings. The van der Waals surface area contributed by atoms with Crippen molar-refractivity contribution in [2.24, 2.45) is 5.92 Å². The van der Waals surface area contributed by atoms with E-state index in [1.807, 2.05) is 26.0 Å². The fraction of sp³-hybridized carbons (Fsp3) is 0.591. The summed E-state index contributed by atoms with van der Waals surface area (Å²) >= 11 is 0. The highest BCUT2D eigenvalue weighted by molar-refractivity contribution is 7.89. The molecule has 2 saturated heterocycles. The topological polar surface area (TPSA) is 118 Å². The summed E-state index contributed by atoms with van der Waals surface area (Å²) in [6, 6.07) is 3.75. The number of carbonyl (C=O) groups excluding carboxylic acids is 1. The largest absolute Gasteiger partial charge is 0.372 e. The molecule has 2 unspecified atom stereocenters. The second-order valence-corrected chi connectivity index (χ2v) is 10.8. The van der Waals surface area contributed by atoms with Crippen LogP contribution in [-0.4, -0.2) is 67.2 Å². The van der Waals surface area contributed by atoms with E-state index in [4.69, 9.17) is 9.26 Å². The van der Waals surface area contributed by atoms with Crippen LogP contribution in [0.15, 0.2) is 27.7 Å². The number of amides is 1. The smallest absolute Gasteiger partial charge is 0.248 e. The summed E-state index contributed by atoms with van der Waals surface area (Å²) in [6.07, 6.45) is 2.84. The number of aromatic nitrogens is 2. The van der Waals surface area contributed by atoms with Crippen LogP contribution >= 0.6 is 0 Å². The van der Waals surface area contributed by atoms with Gasteiger partial charge in [-0.15, -0.1) is 0 Å². The van der Waals surface area contributed by atoms with Crippen LogP contribution < -0.4 is 10.2 Å². The van der Waals surface area contributed by atoms with Crippen molar-refractivity contribution in [3.05, 3.63) is 29.8 Å². The highest BCUT2D eigenvalue weighted by Gasteiger charge is 2.35. The molecule has 0 saturated carbocycles. The number of aryl methyl sites for hydroxylation is 2. The number of sulfonamides is 1. The fourth-order valence-electron chi connectivity index (χ4n) is 4.59. The molecular formula is C22H31N5O5S. The molecule has 2 aromatic heterocycles. The van der Waals surface area contributed by atoms with E-state index in [0.29, 0.717) is 24.2 Å². The molecule has 2 aliphatic heterocycles. The molecule has 0 aromatic carbocycles. The Balaban J connectivity index is 1.33. The Labute approximate surface area is 194 Å². The minimum Gasteiger partial charge on any atom is -0.372 e. The number of carbonyl (C=O) groups is 1. The second-order valence-electron chi connectivity index (χ2n) is 8.89. The van der Waals surface area contributed by atoms with E-state index >= 15 is 0 Å². The van der Waals surface area contributed by atoms with Crippen LogP contribution in [0.3, 0.4) is 0 Å². The Kier molecular flexibility index (Phi) is 6.73. The molecule has 0 aliphatic carbocycles. The number of piperidine rings is 1. The molecular weight excluding hydrogens is 446 g/mol. The Hall–Kier alpha value is -2.50. The average Bonchev–Trinajstić information content (AvgIpc) is 3.12. The van der Waals surface area contributed by atoms with Crippen molar-refractivity contribution in [3.8, 4) is 0 Å². The zero-order valence-corrected chi connectivity index (χ0v) is 20.3. The zero-order chi connectivity index (χ0) is 23.8. The molecule has 33 heavy (non-hydrogen) atoms. The van der Waals surface area contributed by atoms with Gasteiger partial charge in [-0.05, 0) is 52.7 Å². The van der Waals surface area contributed by atoms with E-state index in [-0.39, 0.29) is 47.8 Å². The minimum absolute atomic E-state index is 0.118. The number of morpholine rings is 1. The summed E-state index contributed by atoms with van der Waals surface area (Å²) in [5.41, 5.74) is 0.980. The lowest BCUT2D eigenvalue weighted by Crippen LogP contribution is -2.45. The molecule has 2 aliphatic rings. The van der Waals surface area contributed by atoms with Crippen LogP contribution in [-0.2, 0) is 19.6 Å². The highest BCUT2D eigenvalue weighted by atomic mass is 32.2. The molecule has 0 spiro atoms. The van der Waals surface area contributed by atoms with Gasteiger partial charge in [-0.1, -0.05) is 5.16 Å². The van der Waals surface area contributed by atoms with E-state index in [1.54, 1.807) is 20.0 Å². The van der Waals surface area contributed by atoms with Crippen molar-refractivity contribution in [3.63, 3.8) is 0 Å². The summed E-state index contributed by atoms with van der Waals surface area (Å²) < 4.78 is 38.1. The monoisotopic (exact) mass is 477 g/mol. The van der Waals surface area contributed by atoms with Crippen molar-refractivity contribution in [1.82, 2.24) is 14.4 Å². The van der Waals surface area contributed by atoms with Gasteiger partial charge in [-0.2, -0.15) is 4.31 Å². The van der Waals surface area contributed by atoms with Gasteiger partial charge < -0.3 is 19.5 Å². The summed E-state index contributed by atoms with van der Waals surface area (Å²) in [7, 11) is -3.69. The lowest BCUT2D eigenvalue weighted by molar-refractivity contribution is -0.120. The first kappa shape index (κ1) is 23.7. The van der Waals surface area contributed by atoms with Gasteiger partial charge in [0.1, 0.15) is 16.4 Å². The first-order chi connectivity index (χ1) is 15.6. The second kappa shape index (κ2) is 9.40. The van der Waals surface area contributed by atoms with Gasteiger partial charge in [0.2, 0.25) is 15.9 Å². The summed E-state index contributed by atoms with van der Waals surface area (Å²) in [6.45, 7) is 9.39. The van der Waals surface area contributed by atoms with Crippen LogP contribution in [0, 0.1) is 19.8 Å². The number of ether oxygens (including phenoxy) is 1. The van der Waals surface area contributed by atoms with Crippen molar-refractivity contribution in [2.75, 3.05) is 36.4 Å². The fourth-order valence-corrected chi connectivity index (χ4v) is 6.35. The van der Waals surface area contributed by atoms with Gasteiger partial charge in [-0.3, -0.25) is 4.79 Å². The maximum absolute atomic E-state index is 13.0. The van der Waals surface area contributed by atoms with E-state index in [9.17, 15) is 13.2 Å². The number of nitrogens with one attached hydrogen (secondary N) is 1. The van der Waals surface area contributed by atoms with Crippen LogP contribution in [0.2, 0.25) is 0 Å². The number of rotatable bonds is 5. The maximum atomic E-state index is 13.0. The third-order valence-corrected chi connectivity index (χ3v) is 8.29. The normalized spacial score (nSPS) is 23.0. The number of anilines is 2.